The van der Waals surface area contributed by atoms with Crippen LogP contribution in [0.5, 0.6) is 11.5 Å². The maximum absolute atomic E-state index is 12.8. The second kappa shape index (κ2) is 9.86. The lowest BCUT2D eigenvalue weighted by atomic mass is 9.83. The van der Waals surface area contributed by atoms with Gasteiger partial charge in [0.05, 0.1) is 0 Å². The first kappa shape index (κ1) is 26.2. The van der Waals surface area contributed by atoms with Gasteiger partial charge in [0.15, 0.2) is 5.78 Å². The van der Waals surface area contributed by atoms with Gasteiger partial charge in [-0.15, -0.1) is 6.58 Å². The molecule has 2 aromatic carbocycles. The van der Waals surface area contributed by atoms with Crippen molar-refractivity contribution in [3.8, 4) is 11.5 Å². The van der Waals surface area contributed by atoms with Gasteiger partial charge in [0, 0.05) is 40.9 Å². The fraction of sp³-hybridized carbons (Fsp3) is 0.414. The first-order valence-electron chi connectivity index (χ1n) is 11.4. The number of nitrogens with one attached hydrogen (secondary N) is 1. The topological polar surface area (TPSA) is 47.6 Å². The summed E-state index contributed by atoms with van der Waals surface area (Å²) in [5.41, 5.74) is 2.26. The van der Waals surface area contributed by atoms with E-state index < -0.39 is 5.60 Å². The summed E-state index contributed by atoms with van der Waals surface area (Å²) >= 11 is 0. The van der Waals surface area contributed by atoms with Crippen LogP contribution in [-0.4, -0.2) is 24.0 Å². The first-order valence-corrected chi connectivity index (χ1v) is 11.4. The van der Waals surface area contributed by atoms with Gasteiger partial charge >= 0.3 is 0 Å². The molecular formula is C29H39NO3. The third-order valence-electron chi connectivity index (χ3n) is 5.02. The largest absolute Gasteiger partial charge is 0.488 e. The molecule has 0 bridgehead atoms. The summed E-state index contributed by atoms with van der Waals surface area (Å²) in [6.07, 6.45) is 5.32. The molecule has 0 fully saturated rings. The number of ketones is 1. The predicted molar refractivity (Wildman–Crippen MR) is 140 cm³/mol. The van der Waals surface area contributed by atoms with Gasteiger partial charge in [-0.25, -0.2) is 0 Å². The van der Waals surface area contributed by atoms with Gasteiger partial charge in [-0.05, 0) is 84.0 Å². The molecule has 1 N–H and O–H groups in total. The van der Waals surface area contributed by atoms with Gasteiger partial charge in [0.2, 0.25) is 0 Å². The van der Waals surface area contributed by atoms with Crippen molar-refractivity contribution in [2.75, 3.05) is 12.4 Å². The summed E-state index contributed by atoms with van der Waals surface area (Å²) in [7, 11) is 1.85. The van der Waals surface area contributed by atoms with Crippen molar-refractivity contribution >= 4 is 17.5 Å². The molecule has 0 aromatic heterocycles. The van der Waals surface area contributed by atoms with E-state index in [4.69, 9.17) is 9.47 Å². The fourth-order valence-corrected chi connectivity index (χ4v) is 3.22. The molecule has 0 aliphatic heterocycles. The minimum atomic E-state index is -0.413. The highest BCUT2D eigenvalue weighted by Gasteiger charge is 2.27. The van der Waals surface area contributed by atoms with Crippen LogP contribution in [0.4, 0.5) is 5.69 Å². The van der Waals surface area contributed by atoms with Crippen LogP contribution in [0.3, 0.4) is 0 Å². The number of carbonyl (C=O) groups excluding carboxylic acids is 1. The van der Waals surface area contributed by atoms with Gasteiger partial charge in [-0.2, -0.15) is 0 Å². The first-order chi connectivity index (χ1) is 15.1. The molecule has 0 spiro atoms. The quantitative estimate of drug-likeness (QED) is 0.258. The van der Waals surface area contributed by atoms with Crippen molar-refractivity contribution < 1.29 is 14.3 Å². The second-order valence-electron chi connectivity index (χ2n) is 10.8. The third-order valence-corrected chi connectivity index (χ3v) is 5.02. The number of hydrogen-bond donors (Lipinski definition) is 1. The Morgan fingerprint density at radius 3 is 1.91 bits per heavy atom. The zero-order chi connectivity index (χ0) is 25.0. The number of hydrogen-bond acceptors (Lipinski definition) is 4. The van der Waals surface area contributed by atoms with Gasteiger partial charge in [-0.1, -0.05) is 19.9 Å². The second-order valence-corrected chi connectivity index (χ2v) is 10.8. The standard InChI is InChI=1S/C29H39NO3/c1-11-29(8,9)23-18-21(14-17-24(31)20-12-15-22(30-10)16-13-20)25(32-27(2,3)4)19-26(23)33-28(5,6)7/h11-19,30H,1H2,2-10H3. The molecule has 178 valence electrons. The van der Waals surface area contributed by atoms with Gasteiger partial charge in [0.1, 0.15) is 22.7 Å². The molecule has 4 nitrogen and oxygen atoms in total. The average molecular weight is 450 g/mol. The Morgan fingerprint density at radius 2 is 1.42 bits per heavy atom. The highest BCUT2D eigenvalue weighted by molar-refractivity contribution is 6.07. The molecule has 0 aliphatic carbocycles. The zero-order valence-corrected chi connectivity index (χ0v) is 21.6. The van der Waals surface area contributed by atoms with E-state index in [9.17, 15) is 4.79 Å². The van der Waals surface area contributed by atoms with Crippen molar-refractivity contribution in [1.29, 1.82) is 0 Å². The summed E-state index contributed by atoms with van der Waals surface area (Å²) in [6.45, 7) is 20.3. The van der Waals surface area contributed by atoms with Crippen LogP contribution < -0.4 is 14.8 Å². The summed E-state index contributed by atoms with van der Waals surface area (Å²) in [5, 5.41) is 3.06. The van der Waals surface area contributed by atoms with E-state index >= 15 is 0 Å². The molecule has 0 heterocycles. The van der Waals surface area contributed by atoms with Crippen LogP contribution in [0, 0.1) is 0 Å². The van der Waals surface area contributed by atoms with Crippen molar-refractivity contribution in [2.45, 2.75) is 72.0 Å². The van der Waals surface area contributed by atoms with Crippen LogP contribution in [0.25, 0.3) is 6.08 Å². The molecule has 2 aromatic rings. The Balaban J connectivity index is 2.59. The maximum Gasteiger partial charge on any atom is 0.185 e. The molecule has 0 saturated heterocycles. The third kappa shape index (κ3) is 7.52. The van der Waals surface area contributed by atoms with Crippen molar-refractivity contribution in [1.82, 2.24) is 0 Å². The van der Waals surface area contributed by atoms with Crippen molar-refractivity contribution in [2.24, 2.45) is 0 Å². The summed E-state index contributed by atoms with van der Waals surface area (Å²) < 4.78 is 12.6. The lowest BCUT2D eigenvalue weighted by Gasteiger charge is -2.31. The number of benzene rings is 2. The summed E-state index contributed by atoms with van der Waals surface area (Å²) in [5.74, 6) is 1.34. The van der Waals surface area contributed by atoms with Crippen LogP contribution >= 0.6 is 0 Å². The van der Waals surface area contributed by atoms with Crippen LogP contribution in [0.1, 0.15) is 76.9 Å². The van der Waals surface area contributed by atoms with Gasteiger partial charge < -0.3 is 14.8 Å². The lowest BCUT2D eigenvalue weighted by molar-refractivity contribution is 0.104. The lowest BCUT2D eigenvalue weighted by Crippen LogP contribution is -2.27. The minimum absolute atomic E-state index is 0.0705. The molecule has 2 rings (SSSR count). The average Bonchev–Trinajstić information content (AvgIpc) is 2.70. The van der Waals surface area contributed by atoms with E-state index in [1.54, 1.807) is 6.08 Å². The molecule has 0 unspecified atom stereocenters. The molecule has 0 radical (unpaired) electrons. The number of anilines is 1. The van der Waals surface area contributed by atoms with E-state index in [1.165, 1.54) is 0 Å². The Hall–Kier alpha value is -3.01. The van der Waals surface area contributed by atoms with E-state index in [0.29, 0.717) is 11.3 Å². The summed E-state index contributed by atoms with van der Waals surface area (Å²) in [6, 6.07) is 11.4. The SMILES string of the molecule is C=CC(C)(C)c1cc(C=CC(=O)c2ccc(NC)cc2)c(OC(C)(C)C)cc1OC(C)(C)C. The minimum Gasteiger partial charge on any atom is -0.488 e. The fourth-order valence-electron chi connectivity index (χ4n) is 3.22. The number of carbonyl (C=O) groups is 1. The molecule has 0 aliphatic rings. The molecule has 0 amide bonds. The molecule has 4 heteroatoms. The highest BCUT2D eigenvalue weighted by atomic mass is 16.5. The molecule has 0 saturated carbocycles. The van der Waals surface area contributed by atoms with E-state index in [2.05, 4.69) is 25.7 Å². The van der Waals surface area contributed by atoms with E-state index in [-0.39, 0.29) is 16.8 Å². The van der Waals surface area contributed by atoms with E-state index in [0.717, 1.165) is 22.6 Å². The number of ether oxygens (including phenoxy) is 2. The van der Waals surface area contributed by atoms with Crippen molar-refractivity contribution in [3.05, 3.63) is 71.8 Å². The number of allylic oxidation sites excluding steroid dienone is 2. The van der Waals surface area contributed by atoms with Crippen LogP contribution in [0.15, 0.2) is 55.1 Å². The normalized spacial score (nSPS) is 12.5. The predicted octanol–water partition coefficient (Wildman–Crippen LogP) is 7.44. The Labute approximate surface area is 199 Å². The van der Waals surface area contributed by atoms with Crippen LogP contribution in [-0.2, 0) is 5.41 Å². The summed E-state index contributed by atoms with van der Waals surface area (Å²) in [4.78, 5) is 12.8. The van der Waals surface area contributed by atoms with Crippen LogP contribution in [0.2, 0.25) is 0 Å². The van der Waals surface area contributed by atoms with Gasteiger partial charge in [-0.3, -0.25) is 4.79 Å². The number of rotatable bonds is 8. The maximum atomic E-state index is 12.8. The monoisotopic (exact) mass is 449 g/mol. The molecule has 0 atom stereocenters. The smallest absolute Gasteiger partial charge is 0.185 e. The highest BCUT2D eigenvalue weighted by Crippen LogP contribution is 2.40. The van der Waals surface area contributed by atoms with E-state index in [1.807, 2.05) is 97.1 Å². The molecular weight excluding hydrogens is 410 g/mol. The Kier molecular flexibility index (Phi) is 7.84. The van der Waals surface area contributed by atoms with Gasteiger partial charge in [0.25, 0.3) is 0 Å². The Morgan fingerprint density at radius 1 is 0.879 bits per heavy atom. The molecule has 33 heavy (non-hydrogen) atoms. The Bertz CT molecular complexity index is 1020. The zero-order valence-electron chi connectivity index (χ0n) is 21.6. The van der Waals surface area contributed by atoms with Crippen molar-refractivity contribution in [3.63, 3.8) is 0 Å².